The van der Waals surface area contributed by atoms with Crippen LogP contribution in [-0.2, 0) is 4.79 Å². The highest BCUT2D eigenvalue weighted by molar-refractivity contribution is 8.18. The predicted molar refractivity (Wildman–Crippen MR) is 95.1 cm³/mol. The third-order valence-corrected chi connectivity index (χ3v) is 4.23. The number of benzene rings is 2. The lowest BCUT2D eigenvalue weighted by Crippen LogP contribution is -2.27. The van der Waals surface area contributed by atoms with Crippen molar-refractivity contribution < 1.29 is 9.59 Å². The number of carbonyl (C=O) groups is 2. The fourth-order valence-corrected chi connectivity index (χ4v) is 3.22. The van der Waals surface area contributed by atoms with Crippen molar-refractivity contribution in [3.63, 3.8) is 0 Å². The second-order valence-corrected chi connectivity index (χ2v) is 6.14. The number of hydrogen-bond acceptors (Lipinski definition) is 3. The predicted octanol–water partition coefficient (Wildman–Crippen LogP) is 4.87. The van der Waals surface area contributed by atoms with Crippen molar-refractivity contribution >= 4 is 34.7 Å². The van der Waals surface area contributed by atoms with Crippen LogP contribution in [0.5, 0.6) is 0 Å². The van der Waals surface area contributed by atoms with Crippen LogP contribution >= 0.6 is 11.8 Å². The summed E-state index contributed by atoms with van der Waals surface area (Å²) in [5.74, 6) is -0.271. The monoisotopic (exact) mass is 321 g/mol. The molecule has 114 valence electrons. The second-order valence-electron chi connectivity index (χ2n) is 5.15. The highest BCUT2D eigenvalue weighted by atomic mass is 32.2. The summed E-state index contributed by atoms with van der Waals surface area (Å²) in [6.45, 7) is 1.92. The molecule has 2 aromatic rings. The van der Waals surface area contributed by atoms with Crippen LogP contribution in [0.1, 0.15) is 12.5 Å². The normalized spacial score (nSPS) is 17.2. The van der Waals surface area contributed by atoms with Gasteiger partial charge in [0.05, 0.1) is 10.6 Å². The summed E-state index contributed by atoms with van der Waals surface area (Å²) in [5, 5.41) is -0.264. The van der Waals surface area contributed by atoms with E-state index in [0.29, 0.717) is 10.6 Å². The van der Waals surface area contributed by atoms with Crippen LogP contribution in [-0.4, -0.2) is 11.1 Å². The lowest BCUT2D eigenvalue weighted by molar-refractivity contribution is -0.113. The van der Waals surface area contributed by atoms with Gasteiger partial charge in [-0.15, -0.1) is 0 Å². The third-order valence-electron chi connectivity index (χ3n) is 3.36. The van der Waals surface area contributed by atoms with Crippen LogP contribution in [0.3, 0.4) is 0 Å². The van der Waals surface area contributed by atoms with Gasteiger partial charge in [0.1, 0.15) is 0 Å². The molecular weight excluding hydrogens is 306 g/mol. The van der Waals surface area contributed by atoms with Crippen LogP contribution in [0.4, 0.5) is 10.5 Å². The molecular formula is C19H15NO2S. The summed E-state index contributed by atoms with van der Waals surface area (Å²) in [6.07, 6.45) is 3.75. The van der Waals surface area contributed by atoms with E-state index < -0.39 is 0 Å². The molecule has 3 nitrogen and oxygen atoms in total. The molecule has 0 aliphatic carbocycles. The van der Waals surface area contributed by atoms with Crippen LogP contribution in [0.15, 0.2) is 77.2 Å². The largest absolute Gasteiger partial charge is 0.298 e. The van der Waals surface area contributed by atoms with Crippen molar-refractivity contribution in [1.82, 2.24) is 0 Å². The fourth-order valence-electron chi connectivity index (χ4n) is 2.33. The molecule has 23 heavy (non-hydrogen) atoms. The molecule has 1 fully saturated rings. The maximum absolute atomic E-state index is 12.5. The van der Waals surface area contributed by atoms with E-state index in [0.717, 1.165) is 22.9 Å². The van der Waals surface area contributed by atoms with E-state index in [1.165, 1.54) is 4.90 Å². The summed E-state index contributed by atoms with van der Waals surface area (Å²) < 4.78 is 0. The number of imide groups is 1. The molecule has 0 saturated carbocycles. The van der Waals surface area contributed by atoms with Crippen LogP contribution < -0.4 is 4.90 Å². The first kappa shape index (κ1) is 15.3. The first-order valence-electron chi connectivity index (χ1n) is 7.21. The number of para-hydroxylation sites is 1. The Hall–Kier alpha value is -2.59. The van der Waals surface area contributed by atoms with E-state index in [9.17, 15) is 9.59 Å². The Kier molecular flexibility index (Phi) is 4.44. The number of amides is 2. The van der Waals surface area contributed by atoms with E-state index in [-0.39, 0.29) is 11.1 Å². The average Bonchev–Trinajstić information content (AvgIpc) is 2.83. The number of carbonyl (C=O) groups excluding carboxylic acids is 2. The molecule has 1 heterocycles. The summed E-state index contributed by atoms with van der Waals surface area (Å²) in [7, 11) is 0. The lowest BCUT2D eigenvalue weighted by atomic mass is 10.1. The highest BCUT2D eigenvalue weighted by Gasteiger charge is 2.36. The van der Waals surface area contributed by atoms with Gasteiger partial charge in [-0.2, -0.15) is 0 Å². The van der Waals surface area contributed by atoms with Gasteiger partial charge in [0, 0.05) is 0 Å². The van der Waals surface area contributed by atoms with Crippen molar-refractivity contribution in [3.05, 3.63) is 82.8 Å². The molecule has 1 aliphatic heterocycles. The molecule has 2 amide bonds. The van der Waals surface area contributed by atoms with E-state index in [1.807, 2.05) is 61.5 Å². The Morgan fingerprint density at radius 1 is 0.957 bits per heavy atom. The van der Waals surface area contributed by atoms with Crippen LogP contribution in [0.2, 0.25) is 0 Å². The molecule has 0 N–H and O–H groups in total. The summed E-state index contributed by atoms with van der Waals surface area (Å²) in [6, 6.07) is 18.8. The molecule has 0 spiro atoms. The Morgan fingerprint density at radius 3 is 2.22 bits per heavy atom. The van der Waals surface area contributed by atoms with Gasteiger partial charge in [-0.05, 0) is 48.0 Å². The van der Waals surface area contributed by atoms with Crippen molar-refractivity contribution in [2.75, 3.05) is 4.90 Å². The molecule has 2 aromatic carbocycles. The molecule has 0 bridgehead atoms. The Bertz CT molecular complexity index is 795. The van der Waals surface area contributed by atoms with Gasteiger partial charge in [-0.1, -0.05) is 54.6 Å². The fraction of sp³-hybridized carbons (Fsp3) is 0.0526. The van der Waals surface area contributed by atoms with Crippen LogP contribution in [0.25, 0.3) is 6.08 Å². The molecule has 0 unspecified atom stereocenters. The van der Waals surface area contributed by atoms with Crippen molar-refractivity contribution in [3.8, 4) is 0 Å². The number of allylic oxidation sites excluding steroid dienone is 2. The Balaban J connectivity index is 1.86. The number of hydrogen-bond donors (Lipinski definition) is 0. The zero-order valence-corrected chi connectivity index (χ0v) is 13.4. The number of nitrogens with zero attached hydrogens (tertiary/aromatic N) is 1. The van der Waals surface area contributed by atoms with Gasteiger partial charge < -0.3 is 0 Å². The van der Waals surface area contributed by atoms with Gasteiger partial charge >= 0.3 is 0 Å². The third kappa shape index (κ3) is 3.43. The van der Waals surface area contributed by atoms with Crippen molar-refractivity contribution in [1.29, 1.82) is 0 Å². The van der Waals surface area contributed by atoms with Crippen LogP contribution in [0, 0.1) is 0 Å². The summed E-state index contributed by atoms with van der Waals surface area (Å²) in [4.78, 5) is 26.3. The van der Waals surface area contributed by atoms with Gasteiger partial charge in [0.2, 0.25) is 0 Å². The van der Waals surface area contributed by atoms with E-state index in [2.05, 4.69) is 0 Å². The average molecular weight is 321 g/mol. The van der Waals surface area contributed by atoms with E-state index in [4.69, 9.17) is 0 Å². The maximum atomic E-state index is 12.5. The minimum absolute atomic E-state index is 0.264. The SMILES string of the molecule is CC(=C\c1ccccc1)/C=C1/SC(=O)N(c2ccccc2)C1=O. The van der Waals surface area contributed by atoms with Gasteiger partial charge in [0.15, 0.2) is 0 Å². The molecule has 3 rings (SSSR count). The number of thioether (sulfide) groups is 1. The van der Waals surface area contributed by atoms with Gasteiger partial charge in [-0.25, -0.2) is 4.90 Å². The molecule has 0 radical (unpaired) electrons. The smallest absolute Gasteiger partial charge is 0.268 e. The Labute approximate surface area is 139 Å². The first-order valence-corrected chi connectivity index (χ1v) is 8.03. The zero-order valence-electron chi connectivity index (χ0n) is 12.6. The Morgan fingerprint density at radius 2 is 1.57 bits per heavy atom. The first-order chi connectivity index (χ1) is 11.1. The van der Waals surface area contributed by atoms with E-state index >= 15 is 0 Å². The molecule has 1 aliphatic rings. The quantitative estimate of drug-likeness (QED) is 0.757. The van der Waals surface area contributed by atoms with Gasteiger partial charge in [-0.3, -0.25) is 9.59 Å². The second kappa shape index (κ2) is 6.67. The standard InChI is InChI=1S/C19H15NO2S/c1-14(12-15-8-4-2-5-9-15)13-17-18(21)20(19(22)23-17)16-10-6-3-7-11-16/h2-13H,1H3/b14-12+,17-13+. The molecule has 1 saturated heterocycles. The van der Waals surface area contributed by atoms with Gasteiger partial charge in [0.25, 0.3) is 11.1 Å². The minimum Gasteiger partial charge on any atom is -0.268 e. The lowest BCUT2D eigenvalue weighted by Gasteiger charge is -2.11. The van der Waals surface area contributed by atoms with Crippen molar-refractivity contribution in [2.45, 2.75) is 6.92 Å². The minimum atomic E-state index is -0.271. The molecule has 0 aromatic heterocycles. The molecule has 4 heteroatoms. The zero-order chi connectivity index (χ0) is 16.2. The highest BCUT2D eigenvalue weighted by Crippen LogP contribution is 2.35. The maximum Gasteiger partial charge on any atom is 0.298 e. The summed E-state index contributed by atoms with van der Waals surface area (Å²) >= 11 is 0.973. The topological polar surface area (TPSA) is 37.4 Å². The van der Waals surface area contributed by atoms with E-state index in [1.54, 1.807) is 18.2 Å². The van der Waals surface area contributed by atoms with Crippen molar-refractivity contribution in [2.24, 2.45) is 0 Å². The number of rotatable bonds is 3. The number of anilines is 1. The molecule has 0 atom stereocenters. The summed E-state index contributed by atoms with van der Waals surface area (Å²) in [5.41, 5.74) is 2.58.